The lowest BCUT2D eigenvalue weighted by Gasteiger charge is -2.36. The summed E-state index contributed by atoms with van der Waals surface area (Å²) in [5.74, 6) is 0.124. The first-order chi connectivity index (χ1) is 28.9. The number of nitro groups is 1. The highest BCUT2D eigenvalue weighted by Gasteiger charge is 2.31. The van der Waals surface area contributed by atoms with E-state index in [0.29, 0.717) is 29.3 Å². The second kappa shape index (κ2) is 19.0. The maximum atomic E-state index is 14.7. The molecule has 0 aromatic heterocycles. The van der Waals surface area contributed by atoms with Gasteiger partial charge in [0.25, 0.3) is 11.6 Å². The lowest BCUT2D eigenvalue weighted by atomic mass is 9.93. The molecule has 1 aliphatic rings. The molecular formula is C46H47ClN6O5S2. The Morgan fingerprint density at radius 1 is 0.867 bits per heavy atom. The van der Waals surface area contributed by atoms with Crippen molar-refractivity contribution in [1.29, 1.82) is 0 Å². The fourth-order valence-electron chi connectivity index (χ4n) is 7.69. The highest BCUT2D eigenvalue weighted by atomic mass is 35.5. The Morgan fingerprint density at radius 2 is 1.55 bits per heavy atom. The summed E-state index contributed by atoms with van der Waals surface area (Å²) in [6.07, 6.45) is 0.545. The van der Waals surface area contributed by atoms with Crippen molar-refractivity contribution in [3.63, 3.8) is 0 Å². The number of nitrogens with two attached hydrogens (primary N) is 1. The smallest absolute Gasteiger partial charge is 0.289 e. The highest BCUT2D eigenvalue weighted by Crippen LogP contribution is 2.35. The molecule has 11 nitrogen and oxygen atoms in total. The molecule has 0 radical (unpaired) electrons. The Balaban J connectivity index is 1.12. The number of nitrogens with zero attached hydrogens (tertiary/aromatic N) is 5. The van der Waals surface area contributed by atoms with Gasteiger partial charge < -0.3 is 14.7 Å². The number of piperazine rings is 1. The summed E-state index contributed by atoms with van der Waals surface area (Å²) in [5.41, 5.74) is 4.56. The summed E-state index contributed by atoms with van der Waals surface area (Å²) >= 11 is 7.84. The van der Waals surface area contributed by atoms with Crippen molar-refractivity contribution in [3.05, 3.63) is 160 Å². The number of primary sulfonamides is 1. The number of anilines is 2. The lowest BCUT2D eigenvalue weighted by molar-refractivity contribution is -0.387. The maximum absolute atomic E-state index is 14.7. The second-order valence-electron chi connectivity index (χ2n) is 15.1. The van der Waals surface area contributed by atoms with Crippen LogP contribution >= 0.6 is 23.4 Å². The van der Waals surface area contributed by atoms with Gasteiger partial charge in [-0.05, 0) is 115 Å². The number of rotatable bonds is 15. The number of carbonyl (C=O) groups is 1. The Kier molecular flexibility index (Phi) is 13.5. The van der Waals surface area contributed by atoms with Crippen LogP contribution in [-0.2, 0) is 16.6 Å². The van der Waals surface area contributed by atoms with Crippen molar-refractivity contribution in [1.82, 2.24) is 9.80 Å². The zero-order valence-corrected chi connectivity index (χ0v) is 35.9. The molecule has 0 spiro atoms. The SMILES string of the molecule is CN(C)CC[C@H](CSc1ccccc1)N(C(=O)c1ccc(N2CCN(Cc3ccc4ccccc4c3-c3ccc(Cl)cc3)CC2)cc1)c1ccc([N+](=O)[O-])c(S(N)(=O)=O)c1. The molecule has 6 aromatic rings. The number of amides is 1. The molecule has 2 N–H and O–H groups in total. The van der Waals surface area contributed by atoms with Gasteiger partial charge in [-0.2, -0.15) is 0 Å². The van der Waals surface area contributed by atoms with Crippen molar-refractivity contribution < 1.29 is 18.1 Å². The van der Waals surface area contributed by atoms with Crippen LogP contribution in [0, 0.1) is 10.1 Å². The number of hydrogen-bond acceptors (Lipinski definition) is 9. The highest BCUT2D eigenvalue weighted by molar-refractivity contribution is 7.99. The number of halogens is 1. The molecule has 7 rings (SSSR count). The molecule has 0 bridgehead atoms. The Labute approximate surface area is 360 Å². The number of carbonyl (C=O) groups excluding carboxylic acids is 1. The lowest BCUT2D eigenvalue weighted by Crippen LogP contribution is -2.46. The van der Waals surface area contributed by atoms with Crippen molar-refractivity contribution in [2.75, 3.05) is 62.4 Å². The molecule has 14 heteroatoms. The zero-order valence-electron chi connectivity index (χ0n) is 33.5. The molecule has 1 saturated heterocycles. The van der Waals surface area contributed by atoms with Crippen LogP contribution in [-0.4, -0.2) is 87.7 Å². The molecule has 60 heavy (non-hydrogen) atoms. The summed E-state index contributed by atoms with van der Waals surface area (Å²) < 4.78 is 25.3. The minimum absolute atomic E-state index is 0.206. The van der Waals surface area contributed by atoms with Gasteiger partial charge in [0, 0.05) is 77.4 Å². The molecule has 0 unspecified atom stereocenters. The summed E-state index contributed by atoms with van der Waals surface area (Å²) in [6, 6.07) is 41.5. The fourth-order valence-corrected chi connectivity index (χ4v) is 9.59. The van der Waals surface area contributed by atoms with Crippen LogP contribution in [0.1, 0.15) is 22.3 Å². The third-order valence-corrected chi connectivity index (χ3v) is 13.1. The first-order valence-corrected chi connectivity index (χ1v) is 22.6. The van der Waals surface area contributed by atoms with Gasteiger partial charge in [-0.1, -0.05) is 78.3 Å². The summed E-state index contributed by atoms with van der Waals surface area (Å²) in [6.45, 7) is 4.72. The monoisotopic (exact) mass is 862 g/mol. The van der Waals surface area contributed by atoms with E-state index in [4.69, 9.17) is 16.7 Å². The summed E-state index contributed by atoms with van der Waals surface area (Å²) in [7, 11) is -0.616. The van der Waals surface area contributed by atoms with E-state index in [-0.39, 0.29) is 11.6 Å². The van der Waals surface area contributed by atoms with E-state index in [1.54, 1.807) is 28.8 Å². The van der Waals surface area contributed by atoms with E-state index in [1.807, 2.05) is 73.6 Å². The van der Waals surface area contributed by atoms with Crippen molar-refractivity contribution in [2.45, 2.75) is 28.8 Å². The number of benzene rings is 6. The quantitative estimate of drug-likeness (QED) is 0.0611. The molecule has 1 aliphatic heterocycles. The standard InChI is InChI=1S/C46H47ClN6O5S2/c1-49(2)25-24-40(32-59-41-9-4-3-5-10-41)52(39-22-23-43(53(55)56)44(30-39)60(48,57)58)46(54)35-16-20-38(21-17-35)51-28-26-50(27-29-51)31-36-13-12-33-8-6-7-11-42(33)45(36)34-14-18-37(47)19-15-34/h3-23,30,40H,24-29,31-32H2,1-2H3,(H2,48,57,58)/t40-/m1/s1. The van der Waals surface area contributed by atoms with Gasteiger partial charge in [-0.25, -0.2) is 13.6 Å². The maximum Gasteiger partial charge on any atom is 0.289 e. The predicted octanol–water partition coefficient (Wildman–Crippen LogP) is 8.80. The minimum atomic E-state index is -4.50. The van der Waals surface area contributed by atoms with Crippen LogP contribution in [0.15, 0.2) is 143 Å². The summed E-state index contributed by atoms with van der Waals surface area (Å²) in [5, 5.41) is 20.4. The van der Waals surface area contributed by atoms with E-state index in [0.717, 1.165) is 61.0 Å². The van der Waals surface area contributed by atoms with Crippen LogP contribution in [0.5, 0.6) is 0 Å². The van der Waals surface area contributed by atoms with Crippen LogP contribution in [0.25, 0.3) is 21.9 Å². The Morgan fingerprint density at radius 3 is 2.22 bits per heavy atom. The van der Waals surface area contributed by atoms with Crippen LogP contribution in [0.4, 0.5) is 17.1 Å². The van der Waals surface area contributed by atoms with Gasteiger partial charge >= 0.3 is 0 Å². The average molecular weight is 864 g/mol. The van der Waals surface area contributed by atoms with Gasteiger partial charge in [0.2, 0.25) is 10.0 Å². The normalized spacial score (nSPS) is 14.1. The third kappa shape index (κ3) is 10.2. The number of nitro benzene ring substituents is 1. The van der Waals surface area contributed by atoms with Crippen molar-refractivity contribution in [2.24, 2.45) is 5.14 Å². The predicted molar refractivity (Wildman–Crippen MR) is 244 cm³/mol. The van der Waals surface area contributed by atoms with Gasteiger partial charge in [0.1, 0.15) is 0 Å². The molecule has 6 aromatic carbocycles. The number of sulfonamides is 1. The average Bonchev–Trinajstić information content (AvgIpc) is 3.25. The molecule has 0 aliphatic carbocycles. The van der Waals surface area contributed by atoms with Gasteiger partial charge in [-0.15, -0.1) is 11.8 Å². The molecule has 0 saturated carbocycles. The largest absolute Gasteiger partial charge is 0.369 e. The molecule has 1 amide bonds. The zero-order chi connectivity index (χ0) is 42.4. The van der Waals surface area contributed by atoms with E-state index in [9.17, 15) is 23.3 Å². The fraction of sp³-hybridized carbons (Fsp3) is 0.239. The van der Waals surface area contributed by atoms with Crippen molar-refractivity contribution >= 4 is 67.1 Å². The van der Waals surface area contributed by atoms with Gasteiger partial charge in [0.15, 0.2) is 4.90 Å². The number of fused-ring (bicyclic) bond motifs is 1. The second-order valence-corrected chi connectivity index (χ2v) is 18.2. The van der Waals surface area contributed by atoms with E-state index < -0.39 is 31.6 Å². The summed E-state index contributed by atoms with van der Waals surface area (Å²) in [4.78, 5) is 34.5. The van der Waals surface area contributed by atoms with Crippen LogP contribution < -0.4 is 14.9 Å². The third-order valence-electron chi connectivity index (χ3n) is 10.8. The molecule has 1 fully saturated rings. The van der Waals surface area contributed by atoms with Gasteiger partial charge in [-0.3, -0.25) is 19.8 Å². The molecule has 310 valence electrons. The first-order valence-electron chi connectivity index (χ1n) is 19.7. The number of thioether (sulfide) groups is 1. The van der Waals surface area contributed by atoms with E-state index >= 15 is 0 Å². The van der Waals surface area contributed by atoms with E-state index in [2.05, 4.69) is 58.3 Å². The Bertz CT molecular complexity index is 2570. The molecule has 1 atom stereocenters. The topological polar surface area (TPSA) is 133 Å². The van der Waals surface area contributed by atoms with Crippen LogP contribution in [0.3, 0.4) is 0 Å². The minimum Gasteiger partial charge on any atom is -0.369 e. The molecular weight excluding hydrogens is 816 g/mol. The van der Waals surface area contributed by atoms with E-state index in [1.165, 1.54) is 28.0 Å². The van der Waals surface area contributed by atoms with Gasteiger partial charge in [0.05, 0.1) is 4.92 Å². The Hall–Kier alpha value is -5.28. The first kappa shape index (κ1) is 42.8. The molecule has 1 heterocycles. The van der Waals surface area contributed by atoms with Crippen molar-refractivity contribution in [3.8, 4) is 11.1 Å². The van der Waals surface area contributed by atoms with Crippen LogP contribution in [0.2, 0.25) is 5.02 Å². The number of hydrogen-bond donors (Lipinski definition) is 1.